The second kappa shape index (κ2) is 9.16. The molecule has 0 spiro atoms. The number of benzene rings is 2. The maximum Gasteiger partial charge on any atom is 0.312 e. The Morgan fingerprint density at radius 1 is 0.897 bits per heavy atom. The van der Waals surface area contributed by atoms with Gasteiger partial charge in [0.1, 0.15) is 0 Å². The molecule has 0 aliphatic heterocycles. The van der Waals surface area contributed by atoms with Gasteiger partial charge in [-0.1, -0.05) is 18.2 Å². The third kappa shape index (κ3) is 5.08. The van der Waals surface area contributed by atoms with Crippen molar-refractivity contribution < 1.29 is 19.1 Å². The highest BCUT2D eigenvalue weighted by Gasteiger charge is 2.17. The molecular weight excluding hydrogens is 388 g/mol. The largest absolute Gasteiger partial charge is 0.469 e. The van der Waals surface area contributed by atoms with Gasteiger partial charge in [-0.2, -0.15) is 0 Å². The van der Waals surface area contributed by atoms with Crippen molar-refractivity contribution in [2.75, 3.05) is 17.7 Å². The van der Waals surface area contributed by atoms with Crippen molar-refractivity contribution in [1.82, 2.24) is 0 Å². The number of rotatable bonds is 6. The van der Waals surface area contributed by atoms with Crippen LogP contribution in [0.1, 0.15) is 39.1 Å². The zero-order chi connectivity index (χ0) is 20.8. The lowest BCUT2D eigenvalue weighted by Crippen LogP contribution is -2.16. The summed E-state index contributed by atoms with van der Waals surface area (Å²) in [6.07, 6.45) is 0. The van der Waals surface area contributed by atoms with Gasteiger partial charge >= 0.3 is 5.97 Å². The first-order chi connectivity index (χ1) is 14.0. The minimum absolute atomic E-state index is 0.281. The highest BCUT2D eigenvalue weighted by Crippen LogP contribution is 2.21. The summed E-state index contributed by atoms with van der Waals surface area (Å²) in [4.78, 5) is 36.8. The predicted molar refractivity (Wildman–Crippen MR) is 114 cm³/mol. The van der Waals surface area contributed by atoms with Crippen molar-refractivity contribution in [1.29, 1.82) is 0 Å². The van der Waals surface area contributed by atoms with E-state index in [1.54, 1.807) is 61.5 Å². The van der Waals surface area contributed by atoms with E-state index in [0.29, 0.717) is 16.8 Å². The molecule has 2 amide bonds. The highest BCUT2D eigenvalue weighted by molar-refractivity contribution is 7.14. The lowest BCUT2D eigenvalue weighted by atomic mass is 10.0. The van der Waals surface area contributed by atoms with Crippen molar-refractivity contribution in [2.45, 2.75) is 12.8 Å². The molecule has 6 nitrogen and oxygen atoms in total. The van der Waals surface area contributed by atoms with Crippen LogP contribution < -0.4 is 10.6 Å². The number of hydrogen-bond donors (Lipinski definition) is 2. The number of carbonyl (C=O) groups is 3. The molecule has 148 valence electrons. The van der Waals surface area contributed by atoms with Gasteiger partial charge in [-0.25, -0.2) is 0 Å². The Morgan fingerprint density at radius 2 is 1.59 bits per heavy atom. The number of esters is 1. The third-order valence-corrected chi connectivity index (χ3v) is 5.13. The molecule has 3 rings (SSSR count). The number of methoxy groups -OCH3 is 1. The van der Waals surface area contributed by atoms with E-state index in [4.69, 9.17) is 4.74 Å². The molecule has 2 aromatic carbocycles. The molecular formula is C22H20N2O4S. The molecule has 0 radical (unpaired) electrons. The number of anilines is 2. The molecule has 7 heteroatoms. The second-order valence-electron chi connectivity index (χ2n) is 6.34. The van der Waals surface area contributed by atoms with Gasteiger partial charge in [-0.3, -0.25) is 14.4 Å². The number of nitrogens with one attached hydrogen (secondary N) is 2. The van der Waals surface area contributed by atoms with E-state index in [2.05, 4.69) is 10.6 Å². The first-order valence-electron chi connectivity index (χ1n) is 8.92. The molecule has 0 saturated heterocycles. The molecule has 29 heavy (non-hydrogen) atoms. The first kappa shape index (κ1) is 20.3. The van der Waals surface area contributed by atoms with Crippen LogP contribution in [0.4, 0.5) is 10.7 Å². The summed E-state index contributed by atoms with van der Waals surface area (Å²) in [5.74, 6) is -1.42. The number of carbonyl (C=O) groups excluding carboxylic acids is 3. The smallest absolute Gasteiger partial charge is 0.312 e. The number of thiophene rings is 1. The van der Waals surface area contributed by atoms with Gasteiger partial charge in [-0.15, -0.1) is 11.3 Å². The average Bonchev–Trinajstić information content (AvgIpc) is 3.26. The van der Waals surface area contributed by atoms with E-state index in [9.17, 15) is 14.4 Å². The zero-order valence-corrected chi connectivity index (χ0v) is 16.8. The van der Waals surface area contributed by atoms with E-state index < -0.39 is 5.92 Å². The fraction of sp³-hybridized carbons (Fsp3) is 0.136. The summed E-state index contributed by atoms with van der Waals surface area (Å²) in [6.45, 7) is 1.74. The number of ether oxygens (including phenoxy) is 1. The maximum absolute atomic E-state index is 12.6. The summed E-state index contributed by atoms with van der Waals surface area (Å²) < 4.78 is 4.77. The van der Waals surface area contributed by atoms with Crippen LogP contribution >= 0.6 is 11.3 Å². The lowest BCUT2D eigenvalue weighted by Gasteiger charge is -2.12. The van der Waals surface area contributed by atoms with Gasteiger partial charge < -0.3 is 15.4 Å². The fourth-order valence-corrected chi connectivity index (χ4v) is 3.35. The van der Waals surface area contributed by atoms with Gasteiger partial charge in [0.05, 0.1) is 18.0 Å². The standard InChI is InChI=1S/C22H20N2O4S/c1-14(22(27)28-2)15-6-4-9-18(13-15)23-20(25)16-7-3-8-17(12-16)21(26)24-19-10-5-11-29-19/h3-14H,1-2H3,(H,23,25)(H,24,26)/t14-/m0/s1. The molecule has 1 aromatic heterocycles. The first-order valence-corrected chi connectivity index (χ1v) is 9.80. The second-order valence-corrected chi connectivity index (χ2v) is 7.28. The molecule has 0 unspecified atom stereocenters. The molecule has 0 fully saturated rings. The molecule has 0 aliphatic carbocycles. The van der Waals surface area contributed by atoms with Crippen LogP contribution in [0.3, 0.4) is 0 Å². The predicted octanol–water partition coefficient (Wildman–Crippen LogP) is 4.53. The van der Waals surface area contributed by atoms with Gasteiger partial charge in [0, 0.05) is 16.8 Å². The van der Waals surface area contributed by atoms with Crippen molar-refractivity contribution in [2.24, 2.45) is 0 Å². The minimum atomic E-state index is -0.443. The Morgan fingerprint density at radius 3 is 2.24 bits per heavy atom. The van der Waals surface area contributed by atoms with Crippen LogP contribution in [0.2, 0.25) is 0 Å². The van der Waals surface area contributed by atoms with E-state index in [1.807, 2.05) is 11.4 Å². The Balaban J connectivity index is 1.73. The summed E-state index contributed by atoms with van der Waals surface area (Å²) in [6, 6.07) is 17.2. The van der Waals surface area contributed by atoms with Crippen LogP contribution in [-0.2, 0) is 9.53 Å². The van der Waals surface area contributed by atoms with Crippen molar-refractivity contribution in [3.8, 4) is 0 Å². The van der Waals surface area contributed by atoms with Gasteiger partial charge in [0.15, 0.2) is 0 Å². The SMILES string of the molecule is COC(=O)[C@@H](C)c1cccc(NC(=O)c2cccc(C(=O)Nc3cccs3)c2)c1. The van der Waals surface area contributed by atoms with Gasteiger partial charge in [0.25, 0.3) is 11.8 Å². The number of amides is 2. The molecule has 0 aliphatic rings. The third-order valence-electron chi connectivity index (χ3n) is 4.34. The summed E-state index contributed by atoms with van der Waals surface area (Å²) in [5, 5.41) is 8.20. The quantitative estimate of drug-likeness (QED) is 0.587. The summed E-state index contributed by atoms with van der Waals surface area (Å²) in [5.41, 5.74) is 2.03. The van der Waals surface area contributed by atoms with E-state index in [0.717, 1.165) is 10.6 Å². The van der Waals surface area contributed by atoms with Crippen LogP contribution in [0.25, 0.3) is 0 Å². The molecule has 1 atom stereocenters. The Labute approximate surface area is 172 Å². The summed E-state index contributed by atoms with van der Waals surface area (Å²) >= 11 is 1.42. The van der Waals surface area contributed by atoms with Crippen LogP contribution in [-0.4, -0.2) is 24.9 Å². The molecule has 0 bridgehead atoms. The lowest BCUT2D eigenvalue weighted by molar-refractivity contribution is -0.141. The van der Waals surface area contributed by atoms with Crippen molar-refractivity contribution in [3.05, 3.63) is 82.7 Å². The molecule has 3 aromatic rings. The van der Waals surface area contributed by atoms with Crippen LogP contribution in [0.15, 0.2) is 66.0 Å². The Hall–Kier alpha value is -3.45. The van der Waals surface area contributed by atoms with Crippen LogP contribution in [0, 0.1) is 0 Å². The number of hydrogen-bond acceptors (Lipinski definition) is 5. The molecule has 0 saturated carbocycles. The average molecular weight is 408 g/mol. The monoisotopic (exact) mass is 408 g/mol. The zero-order valence-electron chi connectivity index (χ0n) is 16.0. The minimum Gasteiger partial charge on any atom is -0.469 e. The topological polar surface area (TPSA) is 84.5 Å². The summed E-state index contributed by atoms with van der Waals surface area (Å²) in [7, 11) is 1.34. The van der Waals surface area contributed by atoms with E-state index in [1.165, 1.54) is 18.4 Å². The normalized spacial score (nSPS) is 11.4. The van der Waals surface area contributed by atoms with Crippen molar-refractivity contribution >= 4 is 39.8 Å². The molecule has 1 heterocycles. The Bertz CT molecular complexity index is 1030. The van der Waals surface area contributed by atoms with E-state index in [-0.39, 0.29) is 17.8 Å². The Kier molecular flexibility index (Phi) is 6.41. The maximum atomic E-state index is 12.6. The van der Waals surface area contributed by atoms with Gasteiger partial charge in [-0.05, 0) is 60.3 Å². The molecule has 2 N–H and O–H groups in total. The fourth-order valence-electron chi connectivity index (χ4n) is 2.74. The van der Waals surface area contributed by atoms with Crippen LogP contribution in [0.5, 0.6) is 0 Å². The highest BCUT2D eigenvalue weighted by atomic mass is 32.1. The van der Waals surface area contributed by atoms with E-state index >= 15 is 0 Å². The van der Waals surface area contributed by atoms with Crippen molar-refractivity contribution in [3.63, 3.8) is 0 Å². The van der Waals surface area contributed by atoms with Gasteiger partial charge in [0.2, 0.25) is 0 Å².